The molecule has 9 heteroatoms. The first-order chi connectivity index (χ1) is 12.9. The van der Waals surface area contributed by atoms with Crippen molar-refractivity contribution in [2.75, 3.05) is 32.8 Å². The molecule has 1 fully saturated rings. The lowest BCUT2D eigenvalue weighted by molar-refractivity contribution is 0.0345. The van der Waals surface area contributed by atoms with Crippen molar-refractivity contribution >= 4 is 45.6 Å². The molecule has 3 rings (SSSR count). The summed E-state index contributed by atoms with van der Waals surface area (Å²) in [5, 5.41) is 0.202. The molecule has 1 saturated heterocycles. The van der Waals surface area contributed by atoms with Crippen molar-refractivity contribution in [1.82, 2.24) is 9.62 Å². The lowest BCUT2D eigenvalue weighted by Crippen LogP contribution is -2.43. The van der Waals surface area contributed by atoms with E-state index in [0.29, 0.717) is 19.8 Å². The number of hydrogen-bond donors (Lipinski definition) is 1. The molecular weight excluding hydrogens is 443 g/mol. The quantitative estimate of drug-likeness (QED) is 0.698. The van der Waals surface area contributed by atoms with Gasteiger partial charge in [0.25, 0.3) is 0 Å². The van der Waals surface area contributed by atoms with Crippen molar-refractivity contribution < 1.29 is 13.2 Å². The van der Waals surface area contributed by atoms with Crippen molar-refractivity contribution in [3.63, 3.8) is 0 Å². The van der Waals surface area contributed by atoms with E-state index in [1.807, 2.05) is 31.2 Å². The number of halogens is 3. The van der Waals surface area contributed by atoms with Crippen LogP contribution in [0, 0.1) is 6.92 Å². The van der Waals surface area contributed by atoms with Crippen LogP contribution < -0.4 is 4.72 Å². The van der Waals surface area contributed by atoms with E-state index in [4.69, 9.17) is 27.9 Å². The maximum atomic E-state index is 13.0. The highest BCUT2D eigenvalue weighted by atomic mass is 35.5. The van der Waals surface area contributed by atoms with E-state index >= 15 is 0 Å². The average molecular weight is 466 g/mol. The van der Waals surface area contributed by atoms with Crippen LogP contribution in [-0.2, 0) is 14.8 Å². The average Bonchev–Trinajstić information content (AvgIpc) is 2.62. The third-order valence-electron chi connectivity index (χ3n) is 4.51. The summed E-state index contributed by atoms with van der Waals surface area (Å²) in [6.45, 7) is 5.34. The first kappa shape index (κ1) is 23.4. The van der Waals surface area contributed by atoms with Gasteiger partial charge in [0.15, 0.2) is 0 Å². The van der Waals surface area contributed by atoms with Gasteiger partial charge in [-0.1, -0.05) is 59.1 Å². The SMILES string of the molecule is Cc1ccc(C(CN2CCOCC2)NS(=O)(=O)c2c(Cl)cccc2Cl)cc1.Cl. The Balaban J connectivity index is 0.00000280. The minimum atomic E-state index is -3.90. The van der Waals surface area contributed by atoms with E-state index in [9.17, 15) is 8.42 Å². The van der Waals surface area contributed by atoms with Gasteiger partial charge >= 0.3 is 0 Å². The van der Waals surface area contributed by atoms with Gasteiger partial charge in [0.05, 0.1) is 29.3 Å². The molecule has 1 atom stereocenters. The van der Waals surface area contributed by atoms with Crippen LogP contribution in [0.2, 0.25) is 10.0 Å². The summed E-state index contributed by atoms with van der Waals surface area (Å²) in [4.78, 5) is 2.09. The fourth-order valence-electron chi connectivity index (χ4n) is 3.04. The first-order valence-electron chi connectivity index (χ1n) is 8.70. The van der Waals surface area contributed by atoms with Gasteiger partial charge in [-0.2, -0.15) is 0 Å². The van der Waals surface area contributed by atoms with Crippen LogP contribution in [0.25, 0.3) is 0 Å². The number of morpholine rings is 1. The smallest absolute Gasteiger partial charge is 0.244 e. The molecule has 1 unspecified atom stereocenters. The first-order valence-corrected chi connectivity index (χ1v) is 10.9. The molecule has 0 saturated carbocycles. The number of ether oxygens (including phenoxy) is 1. The highest BCUT2D eigenvalue weighted by Gasteiger charge is 2.27. The number of nitrogens with zero attached hydrogens (tertiary/aromatic N) is 1. The zero-order chi connectivity index (χ0) is 19.4. The zero-order valence-corrected chi connectivity index (χ0v) is 18.5. The summed E-state index contributed by atoms with van der Waals surface area (Å²) in [6, 6.07) is 12.1. The fraction of sp³-hybridized carbons (Fsp3) is 0.368. The molecule has 0 amide bonds. The predicted octanol–water partition coefficient (Wildman–Crippen LogP) is 4.08. The van der Waals surface area contributed by atoms with Gasteiger partial charge in [0.1, 0.15) is 4.90 Å². The zero-order valence-electron chi connectivity index (χ0n) is 15.4. The molecule has 0 radical (unpaired) electrons. The van der Waals surface area contributed by atoms with Gasteiger partial charge in [0, 0.05) is 19.6 Å². The summed E-state index contributed by atoms with van der Waals surface area (Å²) < 4.78 is 34.3. The Bertz CT molecular complexity index is 866. The topological polar surface area (TPSA) is 58.6 Å². The van der Waals surface area contributed by atoms with Crippen LogP contribution in [0.3, 0.4) is 0 Å². The van der Waals surface area contributed by atoms with Gasteiger partial charge in [-0.05, 0) is 24.6 Å². The Morgan fingerprint density at radius 2 is 1.64 bits per heavy atom. The summed E-state index contributed by atoms with van der Waals surface area (Å²) in [6.07, 6.45) is 0. The number of hydrogen-bond acceptors (Lipinski definition) is 4. The van der Waals surface area contributed by atoms with Crippen molar-refractivity contribution in [3.8, 4) is 0 Å². The fourth-order valence-corrected chi connectivity index (χ4v) is 5.40. The number of rotatable bonds is 6. The second kappa shape index (κ2) is 10.3. The molecule has 28 heavy (non-hydrogen) atoms. The molecular formula is C19H23Cl3N2O3S. The molecule has 1 N–H and O–H groups in total. The maximum Gasteiger partial charge on any atom is 0.244 e. The predicted molar refractivity (Wildman–Crippen MR) is 115 cm³/mol. The second-order valence-corrected chi connectivity index (χ2v) is 9.01. The Labute approximate surface area is 182 Å². The van der Waals surface area contributed by atoms with Crippen LogP contribution in [-0.4, -0.2) is 46.2 Å². The minimum absolute atomic E-state index is 0. The summed E-state index contributed by atoms with van der Waals surface area (Å²) >= 11 is 12.3. The normalized spacial score (nSPS) is 16.4. The standard InChI is InChI=1S/C19H22Cl2N2O3S.ClH/c1-14-5-7-15(8-6-14)18(13-23-9-11-26-12-10-23)22-27(24,25)19-16(20)3-2-4-17(19)21;/h2-8,18,22H,9-13H2,1H3;1H. The number of sulfonamides is 1. The van der Waals surface area contributed by atoms with E-state index in [-0.39, 0.29) is 27.3 Å². The Morgan fingerprint density at radius 1 is 1.07 bits per heavy atom. The Morgan fingerprint density at radius 3 is 2.21 bits per heavy atom. The van der Waals surface area contributed by atoms with Crippen LogP contribution in [0.15, 0.2) is 47.4 Å². The third-order valence-corrected chi connectivity index (χ3v) is 6.94. The highest BCUT2D eigenvalue weighted by Crippen LogP contribution is 2.30. The van der Waals surface area contributed by atoms with Gasteiger partial charge in [-0.3, -0.25) is 4.90 Å². The Kier molecular flexibility index (Phi) is 8.58. The highest BCUT2D eigenvalue weighted by molar-refractivity contribution is 7.89. The molecule has 1 aliphatic rings. The van der Waals surface area contributed by atoms with Crippen molar-refractivity contribution in [3.05, 3.63) is 63.6 Å². The van der Waals surface area contributed by atoms with E-state index in [1.54, 1.807) is 6.07 Å². The molecule has 0 aliphatic carbocycles. The van der Waals surface area contributed by atoms with E-state index < -0.39 is 16.1 Å². The van der Waals surface area contributed by atoms with Crippen LogP contribution in [0.5, 0.6) is 0 Å². The lowest BCUT2D eigenvalue weighted by Gasteiger charge is -2.31. The van der Waals surface area contributed by atoms with E-state index in [1.165, 1.54) is 12.1 Å². The summed E-state index contributed by atoms with van der Waals surface area (Å²) in [7, 11) is -3.90. The van der Waals surface area contributed by atoms with Crippen molar-refractivity contribution in [2.24, 2.45) is 0 Å². The van der Waals surface area contributed by atoms with E-state index in [2.05, 4.69) is 9.62 Å². The molecule has 154 valence electrons. The molecule has 2 aromatic carbocycles. The van der Waals surface area contributed by atoms with Gasteiger partial charge in [0.2, 0.25) is 10.0 Å². The lowest BCUT2D eigenvalue weighted by atomic mass is 10.1. The van der Waals surface area contributed by atoms with Crippen molar-refractivity contribution in [1.29, 1.82) is 0 Å². The number of nitrogens with one attached hydrogen (secondary N) is 1. The molecule has 1 heterocycles. The van der Waals surface area contributed by atoms with Gasteiger partial charge < -0.3 is 4.74 Å². The monoisotopic (exact) mass is 464 g/mol. The molecule has 1 aliphatic heterocycles. The molecule has 2 aromatic rings. The molecule has 5 nitrogen and oxygen atoms in total. The van der Waals surface area contributed by atoms with E-state index in [0.717, 1.165) is 24.2 Å². The Hall–Kier alpha value is -0.860. The molecule has 0 bridgehead atoms. The summed E-state index contributed by atoms with van der Waals surface area (Å²) in [5.41, 5.74) is 2.00. The van der Waals surface area contributed by atoms with Crippen LogP contribution in [0.4, 0.5) is 0 Å². The summed E-state index contributed by atoms with van der Waals surface area (Å²) in [5.74, 6) is 0. The molecule has 0 aromatic heterocycles. The van der Waals surface area contributed by atoms with Gasteiger partial charge in [-0.25, -0.2) is 13.1 Å². The maximum absolute atomic E-state index is 13.0. The minimum Gasteiger partial charge on any atom is -0.379 e. The van der Waals surface area contributed by atoms with Crippen LogP contribution >= 0.6 is 35.6 Å². The second-order valence-electron chi connectivity index (χ2n) is 6.55. The van der Waals surface area contributed by atoms with Crippen LogP contribution in [0.1, 0.15) is 17.2 Å². The van der Waals surface area contributed by atoms with Crippen molar-refractivity contribution in [2.45, 2.75) is 17.9 Å². The van der Waals surface area contributed by atoms with Gasteiger partial charge in [-0.15, -0.1) is 12.4 Å². The third kappa shape index (κ3) is 5.83. The molecule has 0 spiro atoms. The largest absolute Gasteiger partial charge is 0.379 e. The number of aryl methyl sites for hydroxylation is 1. The number of benzene rings is 2.